The predicted molar refractivity (Wildman–Crippen MR) is 131 cm³/mol. The molecular formula is C24H19BrCl2N2O3. The van der Waals surface area contributed by atoms with E-state index in [0.717, 1.165) is 21.2 Å². The van der Waals surface area contributed by atoms with Gasteiger partial charge in [-0.15, -0.1) is 0 Å². The van der Waals surface area contributed by atoms with E-state index < -0.39 is 0 Å². The summed E-state index contributed by atoms with van der Waals surface area (Å²) in [5.41, 5.74) is 4.89. The normalized spacial score (nSPS) is 11.0. The van der Waals surface area contributed by atoms with E-state index in [1.54, 1.807) is 12.1 Å². The van der Waals surface area contributed by atoms with Crippen molar-refractivity contribution in [2.24, 2.45) is 0 Å². The first-order valence-electron chi connectivity index (χ1n) is 9.81. The molecule has 0 spiro atoms. The number of aromatic nitrogens is 1. The summed E-state index contributed by atoms with van der Waals surface area (Å²) in [7, 11) is 0. The number of hydrogen-bond acceptors (Lipinski definition) is 4. The number of aryl methyl sites for hydroxylation is 2. The molecule has 0 fully saturated rings. The van der Waals surface area contributed by atoms with Crippen molar-refractivity contribution in [3.05, 3.63) is 85.6 Å². The Morgan fingerprint density at radius 3 is 2.59 bits per heavy atom. The molecule has 0 aliphatic heterocycles. The van der Waals surface area contributed by atoms with Crippen LogP contribution in [0.3, 0.4) is 0 Å². The maximum atomic E-state index is 12.3. The third-order valence-corrected chi connectivity index (χ3v) is 5.86. The molecule has 0 saturated carbocycles. The van der Waals surface area contributed by atoms with Gasteiger partial charge >= 0.3 is 0 Å². The van der Waals surface area contributed by atoms with Gasteiger partial charge in [0.15, 0.2) is 18.1 Å². The lowest BCUT2D eigenvalue weighted by Gasteiger charge is -2.12. The molecule has 4 aromatic rings. The maximum Gasteiger partial charge on any atom is 0.262 e. The molecule has 0 aliphatic rings. The molecule has 3 aromatic carbocycles. The first kappa shape index (κ1) is 22.6. The minimum atomic E-state index is -0.241. The zero-order chi connectivity index (χ0) is 22.8. The van der Waals surface area contributed by atoms with Gasteiger partial charge in [-0.1, -0.05) is 41.4 Å². The van der Waals surface area contributed by atoms with Crippen molar-refractivity contribution in [1.82, 2.24) is 4.98 Å². The summed E-state index contributed by atoms with van der Waals surface area (Å²) in [5, 5.41) is 3.78. The molecule has 0 radical (unpaired) electrons. The number of oxazole rings is 1. The smallest absolute Gasteiger partial charge is 0.262 e. The van der Waals surface area contributed by atoms with E-state index in [0.29, 0.717) is 44.9 Å². The van der Waals surface area contributed by atoms with Gasteiger partial charge in [-0.25, -0.2) is 4.98 Å². The second kappa shape index (κ2) is 9.53. The monoisotopic (exact) mass is 532 g/mol. The highest BCUT2D eigenvalue weighted by Crippen LogP contribution is 2.31. The average Bonchev–Trinajstić information content (AvgIpc) is 3.11. The molecule has 32 heavy (non-hydrogen) atoms. The van der Waals surface area contributed by atoms with Crippen LogP contribution in [0.1, 0.15) is 22.6 Å². The Morgan fingerprint density at radius 1 is 1.12 bits per heavy atom. The van der Waals surface area contributed by atoms with Gasteiger partial charge in [0.05, 0.1) is 9.50 Å². The van der Waals surface area contributed by atoms with Gasteiger partial charge < -0.3 is 14.5 Å². The lowest BCUT2D eigenvalue weighted by atomic mass is 10.1. The molecule has 8 heteroatoms. The highest BCUT2D eigenvalue weighted by atomic mass is 79.9. The van der Waals surface area contributed by atoms with Crippen molar-refractivity contribution in [3.63, 3.8) is 0 Å². The number of benzene rings is 3. The standard InChI is InChI=1S/C24H19BrCl2N2O3/c1-13-7-14(2)23(18(25)8-13)31-12-21(30)28-17-5-3-15(4-6-17)9-22-29-20-11-16(26)10-19(27)24(20)32-22/h3-8,10-11H,9,12H2,1-2H3,(H,28,30). The molecule has 0 atom stereocenters. The van der Waals surface area contributed by atoms with Gasteiger partial charge in [0.1, 0.15) is 11.3 Å². The summed E-state index contributed by atoms with van der Waals surface area (Å²) in [6.07, 6.45) is 0.487. The summed E-state index contributed by atoms with van der Waals surface area (Å²) in [5.74, 6) is 0.962. The van der Waals surface area contributed by atoms with Crippen LogP contribution in [-0.4, -0.2) is 17.5 Å². The molecule has 5 nitrogen and oxygen atoms in total. The number of rotatable bonds is 6. The molecule has 164 valence electrons. The molecule has 0 saturated heterocycles. The number of nitrogens with zero attached hydrogens (tertiary/aromatic N) is 1. The Kier molecular flexibility index (Phi) is 6.74. The van der Waals surface area contributed by atoms with E-state index in [-0.39, 0.29) is 12.5 Å². The fourth-order valence-electron chi connectivity index (χ4n) is 3.38. The van der Waals surface area contributed by atoms with Crippen LogP contribution in [0, 0.1) is 13.8 Å². The summed E-state index contributed by atoms with van der Waals surface area (Å²) in [6, 6.07) is 14.8. The topological polar surface area (TPSA) is 64.4 Å². The van der Waals surface area contributed by atoms with E-state index >= 15 is 0 Å². The Morgan fingerprint density at radius 2 is 1.88 bits per heavy atom. The van der Waals surface area contributed by atoms with Gasteiger partial charge in [0, 0.05) is 17.1 Å². The second-order valence-electron chi connectivity index (χ2n) is 7.45. The molecule has 1 N–H and O–H groups in total. The number of carbonyl (C=O) groups is 1. The average molecular weight is 534 g/mol. The minimum Gasteiger partial charge on any atom is -0.482 e. The van der Waals surface area contributed by atoms with E-state index in [1.807, 2.05) is 50.2 Å². The van der Waals surface area contributed by atoms with Crippen molar-refractivity contribution < 1.29 is 13.9 Å². The highest BCUT2D eigenvalue weighted by Gasteiger charge is 2.12. The number of fused-ring (bicyclic) bond motifs is 1. The molecule has 1 aromatic heterocycles. The van der Waals surface area contributed by atoms with Crippen LogP contribution in [0.2, 0.25) is 10.0 Å². The number of carbonyl (C=O) groups excluding carboxylic acids is 1. The van der Waals surface area contributed by atoms with E-state index in [1.165, 1.54) is 0 Å². The Bertz CT molecular complexity index is 1280. The molecule has 4 rings (SSSR count). The van der Waals surface area contributed by atoms with Crippen molar-refractivity contribution >= 4 is 61.8 Å². The maximum absolute atomic E-state index is 12.3. The van der Waals surface area contributed by atoms with Crippen LogP contribution in [0.15, 0.2) is 57.4 Å². The Hall–Kier alpha value is -2.54. The first-order chi connectivity index (χ1) is 15.3. The van der Waals surface area contributed by atoms with E-state index in [2.05, 4.69) is 26.2 Å². The summed E-state index contributed by atoms with van der Waals surface area (Å²) >= 11 is 15.7. The lowest BCUT2D eigenvalue weighted by Crippen LogP contribution is -2.20. The van der Waals surface area contributed by atoms with Gasteiger partial charge in [0.25, 0.3) is 5.91 Å². The first-order valence-corrected chi connectivity index (χ1v) is 11.4. The van der Waals surface area contributed by atoms with Crippen LogP contribution in [-0.2, 0) is 11.2 Å². The van der Waals surface area contributed by atoms with Crippen molar-refractivity contribution in [2.45, 2.75) is 20.3 Å². The van der Waals surface area contributed by atoms with Crippen LogP contribution >= 0.6 is 39.1 Å². The second-order valence-corrected chi connectivity index (χ2v) is 9.14. The Labute approximate surface area is 203 Å². The summed E-state index contributed by atoms with van der Waals surface area (Å²) in [4.78, 5) is 16.8. The number of hydrogen-bond donors (Lipinski definition) is 1. The Balaban J connectivity index is 1.37. The van der Waals surface area contributed by atoms with Crippen LogP contribution < -0.4 is 10.1 Å². The molecule has 0 bridgehead atoms. The highest BCUT2D eigenvalue weighted by molar-refractivity contribution is 9.10. The SMILES string of the molecule is Cc1cc(C)c(OCC(=O)Nc2ccc(Cc3nc4cc(Cl)cc(Cl)c4o3)cc2)c(Br)c1. The molecule has 1 amide bonds. The number of halogens is 3. The van der Waals surface area contributed by atoms with Gasteiger partial charge in [-0.2, -0.15) is 0 Å². The predicted octanol–water partition coefficient (Wildman–Crippen LogP) is 7.12. The fraction of sp³-hybridized carbons (Fsp3) is 0.167. The van der Waals surface area contributed by atoms with Crippen LogP contribution in [0.4, 0.5) is 5.69 Å². The summed E-state index contributed by atoms with van der Waals surface area (Å²) in [6.45, 7) is 3.87. The van der Waals surface area contributed by atoms with Gasteiger partial charge in [0.2, 0.25) is 0 Å². The largest absolute Gasteiger partial charge is 0.482 e. The minimum absolute atomic E-state index is 0.0868. The van der Waals surface area contributed by atoms with Gasteiger partial charge in [-0.05, 0) is 76.8 Å². The van der Waals surface area contributed by atoms with Crippen LogP contribution in [0.5, 0.6) is 5.75 Å². The van der Waals surface area contributed by atoms with Crippen molar-refractivity contribution in [3.8, 4) is 5.75 Å². The number of ether oxygens (including phenoxy) is 1. The quantitative estimate of drug-likeness (QED) is 0.286. The molecule has 1 heterocycles. The fourth-order valence-corrected chi connectivity index (χ4v) is 4.69. The summed E-state index contributed by atoms with van der Waals surface area (Å²) < 4.78 is 12.3. The zero-order valence-electron chi connectivity index (χ0n) is 17.3. The van der Waals surface area contributed by atoms with Crippen molar-refractivity contribution in [2.75, 3.05) is 11.9 Å². The van der Waals surface area contributed by atoms with E-state index in [4.69, 9.17) is 32.4 Å². The number of anilines is 1. The third kappa shape index (κ3) is 5.26. The lowest BCUT2D eigenvalue weighted by molar-refractivity contribution is -0.118. The van der Waals surface area contributed by atoms with E-state index in [9.17, 15) is 4.79 Å². The van der Waals surface area contributed by atoms with Crippen molar-refractivity contribution in [1.29, 1.82) is 0 Å². The zero-order valence-corrected chi connectivity index (χ0v) is 20.4. The van der Waals surface area contributed by atoms with Gasteiger partial charge in [-0.3, -0.25) is 4.79 Å². The number of amides is 1. The molecule has 0 unspecified atom stereocenters. The molecule has 0 aliphatic carbocycles. The molecular weight excluding hydrogens is 515 g/mol. The number of nitrogens with one attached hydrogen (secondary N) is 1. The third-order valence-electron chi connectivity index (χ3n) is 4.77. The van der Waals surface area contributed by atoms with Crippen LogP contribution in [0.25, 0.3) is 11.1 Å².